The van der Waals surface area contributed by atoms with Gasteiger partial charge in [0, 0.05) is 24.1 Å². The molecule has 0 spiro atoms. The summed E-state index contributed by atoms with van der Waals surface area (Å²) in [6.07, 6.45) is 0.821. The van der Waals surface area contributed by atoms with E-state index in [1.807, 2.05) is 24.3 Å². The highest BCUT2D eigenvalue weighted by Gasteiger charge is 2.11. The molecule has 0 fully saturated rings. The number of hydrogen-bond donors (Lipinski definition) is 1. The molecule has 0 bridgehead atoms. The molecule has 0 saturated heterocycles. The third-order valence-corrected chi connectivity index (χ3v) is 3.22. The third kappa shape index (κ3) is 2.90. The van der Waals surface area contributed by atoms with Crippen molar-refractivity contribution in [3.05, 3.63) is 35.7 Å². The molecule has 2 aromatic rings. The molecule has 0 unspecified atom stereocenters. The normalized spacial score (nSPS) is 10.4. The van der Waals surface area contributed by atoms with Crippen LogP contribution in [0.15, 0.2) is 24.3 Å². The van der Waals surface area contributed by atoms with E-state index in [2.05, 4.69) is 36.1 Å². The number of anilines is 1. The number of methoxy groups -OCH3 is 1. The number of hydrogen-bond acceptors (Lipinski definition) is 4. The number of benzene rings is 1. The molecule has 0 amide bonds. The molecule has 2 rings (SSSR count). The van der Waals surface area contributed by atoms with Gasteiger partial charge in [0.15, 0.2) is 0 Å². The fourth-order valence-electron chi connectivity index (χ4n) is 2.09. The first-order valence-corrected chi connectivity index (χ1v) is 6.95. The maximum atomic E-state index is 5.20. The number of aromatic nitrogens is 2. The lowest BCUT2D eigenvalue weighted by molar-refractivity contribution is 0.415. The Bertz CT molecular complexity index is 579. The second kappa shape index (κ2) is 6.37. The van der Waals surface area contributed by atoms with Crippen LogP contribution in [0.4, 0.5) is 5.82 Å². The van der Waals surface area contributed by atoms with Crippen LogP contribution in [0.5, 0.6) is 5.75 Å². The Balaban J connectivity index is 2.50. The number of rotatable bonds is 5. The van der Waals surface area contributed by atoms with Crippen LogP contribution < -0.4 is 10.1 Å². The van der Waals surface area contributed by atoms with Crippen molar-refractivity contribution in [3.8, 4) is 17.0 Å². The summed E-state index contributed by atoms with van der Waals surface area (Å²) in [5, 5.41) is 3.31. The van der Waals surface area contributed by atoms with Gasteiger partial charge in [0.2, 0.25) is 0 Å². The zero-order valence-corrected chi connectivity index (χ0v) is 12.5. The first-order chi connectivity index (χ1) is 9.69. The van der Waals surface area contributed by atoms with Crippen molar-refractivity contribution in [1.82, 2.24) is 9.97 Å². The highest BCUT2D eigenvalue weighted by Crippen LogP contribution is 2.27. The molecule has 0 aliphatic carbocycles. The van der Waals surface area contributed by atoms with Crippen molar-refractivity contribution in [2.75, 3.05) is 19.0 Å². The summed E-state index contributed by atoms with van der Waals surface area (Å²) in [7, 11) is 1.67. The molecule has 0 radical (unpaired) electrons. The third-order valence-electron chi connectivity index (χ3n) is 3.22. The van der Waals surface area contributed by atoms with E-state index in [0.717, 1.165) is 47.2 Å². The Labute approximate surface area is 120 Å². The van der Waals surface area contributed by atoms with Crippen molar-refractivity contribution >= 4 is 5.82 Å². The first kappa shape index (κ1) is 14.3. The van der Waals surface area contributed by atoms with Crippen molar-refractivity contribution in [2.45, 2.75) is 27.2 Å². The van der Waals surface area contributed by atoms with Crippen LogP contribution in [-0.2, 0) is 6.42 Å². The predicted octanol–water partition coefficient (Wildman–Crippen LogP) is 3.45. The molecule has 4 nitrogen and oxygen atoms in total. The van der Waals surface area contributed by atoms with E-state index in [1.165, 1.54) is 0 Å². The second-order valence-corrected chi connectivity index (χ2v) is 4.57. The van der Waals surface area contributed by atoms with Crippen LogP contribution in [0.2, 0.25) is 0 Å². The Morgan fingerprint density at radius 1 is 1.10 bits per heavy atom. The molecule has 0 aliphatic heterocycles. The van der Waals surface area contributed by atoms with E-state index in [9.17, 15) is 0 Å². The van der Waals surface area contributed by atoms with Crippen LogP contribution in [0, 0.1) is 6.92 Å². The highest BCUT2D eigenvalue weighted by molar-refractivity contribution is 5.68. The highest BCUT2D eigenvalue weighted by atomic mass is 16.5. The molecule has 1 heterocycles. The number of nitrogens with zero attached hydrogens (tertiary/aromatic N) is 2. The summed E-state index contributed by atoms with van der Waals surface area (Å²) in [5.41, 5.74) is 3.14. The summed E-state index contributed by atoms with van der Waals surface area (Å²) in [6.45, 7) is 7.04. The Morgan fingerprint density at radius 2 is 1.80 bits per heavy atom. The van der Waals surface area contributed by atoms with Crippen molar-refractivity contribution in [1.29, 1.82) is 0 Å². The van der Waals surface area contributed by atoms with Crippen LogP contribution in [0.25, 0.3) is 11.3 Å². The molecule has 4 heteroatoms. The smallest absolute Gasteiger partial charge is 0.133 e. The van der Waals surface area contributed by atoms with Gasteiger partial charge in [-0.15, -0.1) is 0 Å². The quantitative estimate of drug-likeness (QED) is 0.904. The fraction of sp³-hybridized carbons (Fsp3) is 0.375. The van der Waals surface area contributed by atoms with Crippen LogP contribution in [0.3, 0.4) is 0 Å². The standard InChI is InChI=1S/C16H21N3O/c1-5-14-18-15(11(3)16(19-14)17-6-2)12-7-9-13(20-4)10-8-12/h7-10H,5-6H2,1-4H3,(H,17,18,19). The molecule has 0 atom stereocenters. The summed E-state index contributed by atoms with van der Waals surface area (Å²) in [5.74, 6) is 2.63. The minimum Gasteiger partial charge on any atom is -0.497 e. The topological polar surface area (TPSA) is 47.0 Å². The minimum absolute atomic E-state index is 0.821. The maximum absolute atomic E-state index is 5.20. The van der Waals surface area contributed by atoms with Gasteiger partial charge in [0.05, 0.1) is 12.8 Å². The van der Waals surface area contributed by atoms with Gasteiger partial charge in [-0.1, -0.05) is 6.92 Å². The fourth-order valence-corrected chi connectivity index (χ4v) is 2.09. The molecular formula is C16H21N3O. The predicted molar refractivity (Wildman–Crippen MR) is 82.3 cm³/mol. The lowest BCUT2D eigenvalue weighted by Crippen LogP contribution is -2.07. The number of nitrogens with one attached hydrogen (secondary N) is 1. The minimum atomic E-state index is 0.821. The molecule has 1 aromatic heterocycles. The van der Waals surface area contributed by atoms with Gasteiger partial charge in [-0.2, -0.15) is 0 Å². The maximum Gasteiger partial charge on any atom is 0.133 e. The van der Waals surface area contributed by atoms with E-state index in [0.29, 0.717) is 0 Å². The van der Waals surface area contributed by atoms with Gasteiger partial charge in [-0.05, 0) is 38.1 Å². The average molecular weight is 271 g/mol. The van der Waals surface area contributed by atoms with E-state index < -0.39 is 0 Å². The van der Waals surface area contributed by atoms with Gasteiger partial charge < -0.3 is 10.1 Å². The van der Waals surface area contributed by atoms with E-state index >= 15 is 0 Å². The average Bonchev–Trinajstić information content (AvgIpc) is 2.49. The van der Waals surface area contributed by atoms with Crippen molar-refractivity contribution in [2.24, 2.45) is 0 Å². The van der Waals surface area contributed by atoms with E-state index in [1.54, 1.807) is 7.11 Å². The van der Waals surface area contributed by atoms with Crippen LogP contribution >= 0.6 is 0 Å². The van der Waals surface area contributed by atoms with Crippen molar-refractivity contribution in [3.63, 3.8) is 0 Å². The Morgan fingerprint density at radius 3 is 2.35 bits per heavy atom. The summed E-state index contributed by atoms with van der Waals surface area (Å²) < 4.78 is 5.20. The summed E-state index contributed by atoms with van der Waals surface area (Å²) in [4.78, 5) is 9.22. The van der Waals surface area contributed by atoms with Gasteiger partial charge in [-0.3, -0.25) is 0 Å². The van der Waals surface area contributed by atoms with Crippen molar-refractivity contribution < 1.29 is 4.74 Å². The molecule has 1 aromatic carbocycles. The van der Waals surface area contributed by atoms with Gasteiger partial charge in [-0.25, -0.2) is 9.97 Å². The first-order valence-electron chi connectivity index (χ1n) is 6.95. The SMILES string of the molecule is CCNc1nc(CC)nc(-c2ccc(OC)cc2)c1C. The molecule has 1 N–H and O–H groups in total. The summed E-state index contributed by atoms with van der Waals surface area (Å²) in [6, 6.07) is 7.97. The van der Waals surface area contributed by atoms with E-state index in [-0.39, 0.29) is 0 Å². The molecule has 0 saturated carbocycles. The van der Waals surface area contributed by atoms with E-state index in [4.69, 9.17) is 4.74 Å². The largest absolute Gasteiger partial charge is 0.497 e. The monoisotopic (exact) mass is 271 g/mol. The Hall–Kier alpha value is -2.10. The van der Waals surface area contributed by atoms with Gasteiger partial charge >= 0.3 is 0 Å². The van der Waals surface area contributed by atoms with Gasteiger partial charge in [0.25, 0.3) is 0 Å². The molecule has 106 valence electrons. The Kier molecular flexibility index (Phi) is 4.56. The lowest BCUT2D eigenvalue weighted by Gasteiger charge is -2.13. The zero-order chi connectivity index (χ0) is 14.5. The number of ether oxygens (including phenoxy) is 1. The molecular weight excluding hydrogens is 250 g/mol. The zero-order valence-electron chi connectivity index (χ0n) is 12.5. The number of aryl methyl sites for hydroxylation is 1. The lowest BCUT2D eigenvalue weighted by atomic mass is 10.1. The van der Waals surface area contributed by atoms with Crippen LogP contribution in [0.1, 0.15) is 25.2 Å². The van der Waals surface area contributed by atoms with Gasteiger partial charge in [0.1, 0.15) is 17.4 Å². The second-order valence-electron chi connectivity index (χ2n) is 4.57. The summed E-state index contributed by atoms with van der Waals surface area (Å²) >= 11 is 0. The molecule has 0 aliphatic rings. The molecule has 20 heavy (non-hydrogen) atoms. The van der Waals surface area contributed by atoms with Crippen LogP contribution in [-0.4, -0.2) is 23.6 Å².